The molecule has 0 heterocycles. The van der Waals surface area contributed by atoms with E-state index in [1.165, 1.54) is 28.1 Å². The van der Waals surface area contributed by atoms with Crippen LogP contribution in [0.25, 0.3) is 0 Å². The molecule has 0 saturated carbocycles. The molecule has 8 heteroatoms. The molecule has 0 unspecified atom stereocenters. The molecule has 2 rings (SSSR count). The fraction of sp³-hybridized carbons (Fsp3) is 0.250. The number of ether oxygens (including phenoxy) is 2. The van der Waals surface area contributed by atoms with E-state index in [9.17, 15) is 19.2 Å². The highest BCUT2D eigenvalue weighted by molar-refractivity contribution is 6.21. The molecule has 128 valence electrons. The molecule has 2 aliphatic carbocycles. The fourth-order valence-corrected chi connectivity index (χ4v) is 1.76. The minimum Gasteiger partial charge on any atom is -0.504 e. The molecule has 0 fully saturated rings. The van der Waals surface area contributed by atoms with Crippen LogP contribution < -0.4 is 0 Å². The number of aliphatic hydroxyl groups is 2. The van der Waals surface area contributed by atoms with Crippen molar-refractivity contribution < 1.29 is 38.9 Å². The van der Waals surface area contributed by atoms with Crippen LogP contribution in [0, 0.1) is 0 Å². The standard InChI is InChI=1S/2C8H8O4/c2*1-4-7(10)5(9)3-6(12-2)8(4)11/h2*3,10H,1-2H3. The van der Waals surface area contributed by atoms with E-state index in [-0.39, 0.29) is 22.7 Å². The molecule has 2 N–H and O–H groups in total. The van der Waals surface area contributed by atoms with Crippen molar-refractivity contribution in [1.82, 2.24) is 0 Å². The summed E-state index contributed by atoms with van der Waals surface area (Å²) in [4.78, 5) is 44.1. The Morgan fingerprint density at radius 3 is 1.25 bits per heavy atom. The average Bonchev–Trinajstić information content (AvgIpc) is 2.58. The minimum atomic E-state index is -0.594. The molecule has 0 atom stereocenters. The van der Waals surface area contributed by atoms with Crippen LogP contribution in [-0.4, -0.2) is 47.6 Å². The molecule has 8 nitrogen and oxygen atoms in total. The van der Waals surface area contributed by atoms with E-state index in [1.807, 2.05) is 0 Å². The molecule has 24 heavy (non-hydrogen) atoms. The van der Waals surface area contributed by atoms with Gasteiger partial charge >= 0.3 is 0 Å². The third-order valence-electron chi connectivity index (χ3n) is 3.27. The van der Waals surface area contributed by atoms with Crippen molar-refractivity contribution >= 4 is 23.1 Å². The van der Waals surface area contributed by atoms with Crippen molar-refractivity contribution in [2.24, 2.45) is 0 Å². The van der Waals surface area contributed by atoms with Crippen molar-refractivity contribution in [3.05, 3.63) is 46.3 Å². The number of hydrogen-bond acceptors (Lipinski definition) is 8. The normalized spacial score (nSPS) is 18.0. The molecule has 0 radical (unpaired) electrons. The van der Waals surface area contributed by atoms with Gasteiger partial charge in [-0.1, -0.05) is 0 Å². The Hall–Kier alpha value is -3.16. The summed E-state index contributed by atoms with van der Waals surface area (Å²) in [5.41, 5.74) is 0.0544. The van der Waals surface area contributed by atoms with Crippen LogP contribution in [0.1, 0.15) is 13.8 Å². The first-order valence-electron chi connectivity index (χ1n) is 6.64. The van der Waals surface area contributed by atoms with Crippen LogP contribution >= 0.6 is 0 Å². The monoisotopic (exact) mass is 336 g/mol. The molecule has 0 spiro atoms. The Bertz CT molecular complexity index is 682. The van der Waals surface area contributed by atoms with E-state index in [1.54, 1.807) is 0 Å². The van der Waals surface area contributed by atoms with Gasteiger partial charge in [-0.3, -0.25) is 19.2 Å². The van der Waals surface area contributed by atoms with Crippen molar-refractivity contribution in [3.63, 3.8) is 0 Å². The van der Waals surface area contributed by atoms with Crippen LogP contribution in [0.15, 0.2) is 46.3 Å². The first-order valence-corrected chi connectivity index (χ1v) is 6.64. The summed E-state index contributed by atoms with van der Waals surface area (Å²) in [5, 5.41) is 18.1. The van der Waals surface area contributed by atoms with Crippen molar-refractivity contribution in [1.29, 1.82) is 0 Å². The number of carbonyl (C=O) groups excluding carboxylic acids is 4. The van der Waals surface area contributed by atoms with E-state index in [0.29, 0.717) is 0 Å². The number of Topliss-reactive ketones (excluding diaryl/α,β-unsaturated/α-hetero) is 2. The zero-order valence-electron chi connectivity index (χ0n) is 13.5. The van der Waals surface area contributed by atoms with Gasteiger partial charge in [0.05, 0.1) is 14.2 Å². The van der Waals surface area contributed by atoms with Gasteiger partial charge in [0.25, 0.3) is 0 Å². The molecular formula is C16H16O8. The van der Waals surface area contributed by atoms with Crippen LogP contribution in [0.5, 0.6) is 0 Å². The first kappa shape index (κ1) is 18.9. The van der Waals surface area contributed by atoms with Gasteiger partial charge < -0.3 is 19.7 Å². The summed E-state index contributed by atoms with van der Waals surface area (Å²) in [5.74, 6) is -3.15. The molecule has 2 aliphatic rings. The van der Waals surface area contributed by atoms with Gasteiger partial charge in [0.2, 0.25) is 23.1 Å². The molecule has 0 aromatic heterocycles. The average molecular weight is 336 g/mol. The predicted molar refractivity (Wildman–Crippen MR) is 80.9 cm³/mol. The summed E-state index contributed by atoms with van der Waals surface area (Å²) in [6.07, 6.45) is 1.95. The maximum atomic E-state index is 11.1. The SMILES string of the molecule is COC1=CC(=O)C(O)=C(C)C1=O.COC1=CC(=O)C(O)=C(C)C1=O. The Morgan fingerprint density at radius 2 is 1.00 bits per heavy atom. The number of rotatable bonds is 2. The number of hydrogen-bond donors (Lipinski definition) is 2. The smallest absolute Gasteiger partial charge is 0.227 e. The number of allylic oxidation sites excluding steroid dienone is 4. The fourth-order valence-electron chi connectivity index (χ4n) is 1.76. The van der Waals surface area contributed by atoms with Gasteiger partial charge in [-0.25, -0.2) is 0 Å². The van der Waals surface area contributed by atoms with Crippen LogP contribution in [-0.2, 0) is 28.7 Å². The van der Waals surface area contributed by atoms with Crippen LogP contribution in [0.2, 0.25) is 0 Å². The Balaban J connectivity index is 0.000000240. The highest BCUT2D eigenvalue weighted by Gasteiger charge is 2.26. The maximum Gasteiger partial charge on any atom is 0.227 e. The lowest BCUT2D eigenvalue weighted by atomic mass is 10.0. The van der Waals surface area contributed by atoms with Crippen LogP contribution in [0.4, 0.5) is 0 Å². The Kier molecular flexibility index (Phi) is 5.83. The minimum absolute atomic E-state index is 0.0272. The summed E-state index contributed by atoms with van der Waals surface area (Å²) in [6, 6.07) is 0. The second kappa shape index (κ2) is 7.40. The summed E-state index contributed by atoms with van der Waals surface area (Å²) in [7, 11) is 2.60. The summed E-state index contributed by atoms with van der Waals surface area (Å²) in [6.45, 7) is 2.75. The van der Waals surface area contributed by atoms with Gasteiger partial charge in [0, 0.05) is 23.3 Å². The maximum absolute atomic E-state index is 11.1. The van der Waals surface area contributed by atoms with E-state index in [0.717, 1.165) is 12.2 Å². The molecule has 0 aromatic rings. The Morgan fingerprint density at radius 1 is 0.708 bits per heavy atom. The number of carbonyl (C=O) groups is 4. The topological polar surface area (TPSA) is 127 Å². The quantitative estimate of drug-likeness (QED) is 0.715. The predicted octanol–water partition coefficient (Wildman–Crippen LogP) is 1.00. The van der Waals surface area contributed by atoms with Gasteiger partial charge in [-0.15, -0.1) is 0 Å². The van der Waals surface area contributed by atoms with E-state index in [4.69, 9.17) is 10.2 Å². The van der Waals surface area contributed by atoms with E-state index in [2.05, 4.69) is 9.47 Å². The molecule has 0 amide bonds. The second-order valence-electron chi connectivity index (χ2n) is 4.76. The molecule has 0 aliphatic heterocycles. The van der Waals surface area contributed by atoms with Crippen molar-refractivity contribution in [3.8, 4) is 0 Å². The summed E-state index contributed by atoms with van der Waals surface area (Å²) >= 11 is 0. The molecule has 0 aromatic carbocycles. The highest BCUT2D eigenvalue weighted by atomic mass is 16.5. The first-order chi connectivity index (χ1) is 11.1. The zero-order valence-corrected chi connectivity index (χ0v) is 13.5. The molecular weight excluding hydrogens is 320 g/mol. The largest absolute Gasteiger partial charge is 0.504 e. The number of aliphatic hydroxyl groups excluding tert-OH is 2. The number of methoxy groups -OCH3 is 2. The lowest BCUT2D eigenvalue weighted by Crippen LogP contribution is -2.18. The van der Waals surface area contributed by atoms with Crippen molar-refractivity contribution in [2.45, 2.75) is 13.8 Å². The zero-order chi connectivity index (χ0) is 18.6. The highest BCUT2D eigenvalue weighted by Crippen LogP contribution is 2.17. The van der Waals surface area contributed by atoms with Gasteiger partial charge in [-0.2, -0.15) is 0 Å². The number of ketones is 4. The van der Waals surface area contributed by atoms with Crippen LogP contribution in [0.3, 0.4) is 0 Å². The van der Waals surface area contributed by atoms with Gasteiger partial charge in [0.1, 0.15) is 0 Å². The van der Waals surface area contributed by atoms with E-state index < -0.39 is 34.7 Å². The van der Waals surface area contributed by atoms with E-state index >= 15 is 0 Å². The lowest BCUT2D eigenvalue weighted by Gasteiger charge is -2.10. The second-order valence-corrected chi connectivity index (χ2v) is 4.76. The van der Waals surface area contributed by atoms with Crippen molar-refractivity contribution in [2.75, 3.05) is 14.2 Å². The van der Waals surface area contributed by atoms with Gasteiger partial charge in [-0.05, 0) is 13.8 Å². The Labute approximate surface area is 137 Å². The van der Waals surface area contributed by atoms with Gasteiger partial charge in [0.15, 0.2) is 23.0 Å². The summed E-state index contributed by atoms with van der Waals surface area (Å²) < 4.78 is 9.28. The molecule has 0 saturated heterocycles. The third-order valence-corrected chi connectivity index (χ3v) is 3.27. The molecule has 0 bridgehead atoms. The third kappa shape index (κ3) is 3.60. The lowest BCUT2D eigenvalue weighted by molar-refractivity contribution is -0.119.